The van der Waals surface area contributed by atoms with Crippen LogP contribution in [0.2, 0.25) is 0 Å². The molecule has 0 aromatic heterocycles. The van der Waals surface area contributed by atoms with Crippen LogP contribution >= 0.6 is 0 Å². The van der Waals surface area contributed by atoms with Crippen molar-refractivity contribution in [2.24, 2.45) is 0 Å². The fourth-order valence-electron chi connectivity index (χ4n) is 2.28. The molecule has 0 rings (SSSR count). The minimum Gasteiger partial charge on any atom is -0.264 e. The van der Waals surface area contributed by atoms with Crippen molar-refractivity contribution in [3.63, 3.8) is 0 Å². The van der Waals surface area contributed by atoms with Gasteiger partial charge in [0.2, 0.25) is 0 Å². The van der Waals surface area contributed by atoms with E-state index >= 15 is 0 Å². The van der Waals surface area contributed by atoms with Crippen LogP contribution in [-0.4, -0.2) is 19.6 Å². The zero-order valence-electron chi connectivity index (χ0n) is 14.0. The third-order valence-electron chi connectivity index (χ3n) is 3.48. The van der Waals surface area contributed by atoms with Crippen LogP contribution in [0.1, 0.15) is 90.4 Å². The molecule has 1 N–H and O–H groups in total. The van der Waals surface area contributed by atoms with E-state index in [0.29, 0.717) is 6.42 Å². The summed E-state index contributed by atoms with van der Waals surface area (Å²) in [4.78, 5) is 0. The van der Waals surface area contributed by atoms with Crippen LogP contribution in [0.25, 0.3) is 0 Å². The molecule has 0 amide bonds. The average molecular weight is 331 g/mol. The van der Waals surface area contributed by atoms with Crippen molar-refractivity contribution >= 4 is 10.4 Å². The number of hydrogen-bond acceptors (Lipinski definition) is 3. The molecule has 21 heavy (non-hydrogen) atoms. The fraction of sp³-hybridized carbons (Fsp3) is 1.00. The second-order valence-corrected chi connectivity index (χ2v) is 6.58. The quantitative estimate of drug-likeness (QED) is 0.283. The zero-order chi connectivity index (χ0) is 15.1. The molecule has 0 saturated carbocycles. The van der Waals surface area contributed by atoms with E-state index in [2.05, 4.69) is 11.1 Å². The molecule has 0 atom stereocenters. The van der Waals surface area contributed by atoms with Gasteiger partial charge >= 0.3 is 40.0 Å². The molecule has 0 fully saturated rings. The van der Waals surface area contributed by atoms with Gasteiger partial charge in [-0.2, -0.15) is 8.42 Å². The number of rotatable bonds is 15. The van der Waals surface area contributed by atoms with E-state index < -0.39 is 10.4 Å². The third-order valence-corrected chi connectivity index (χ3v) is 3.94. The van der Waals surface area contributed by atoms with E-state index in [1.54, 1.807) is 0 Å². The molecule has 122 valence electrons. The SMILES string of the molecule is CCCCCCCCCCCCCCCOS(=O)(=O)O.[Na+]. The molecule has 0 saturated heterocycles. The molecule has 4 nitrogen and oxygen atoms in total. The Bertz CT molecular complexity index is 294. The summed E-state index contributed by atoms with van der Waals surface area (Å²) in [6.07, 6.45) is 16.1. The Labute approximate surface area is 153 Å². The van der Waals surface area contributed by atoms with Gasteiger partial charge in [-0.25, -0.2) is 4.18 Å². The monoisotopic (exact) mass is 331 g/mol. The summed E-state index contributed by atoms with van der Waals surface area (Å²) in [6, 6.07) is 0. The van der Waals surface area contributed by atoms with Crippen LogP contribution in [0, 0.1) is 0 Å². The van der Waals surface area contributed by atoms with E-state index in [-0.39, 0.29) is 36.2 Å². The largest absolute Gasteiger partial charge is 1.00 e. The molecule has 0 aliphatic rings. The second kappa shape index (κ2) is 17.2. The summed E-state index contributed by atoms with van der Waals surface area (Å²) >= 11 is 0. The Morgan fingerprint density at radius 3 is 1.38 bits per heavy atom. The van der Waals surface area contributed by atoms with E-state index in [1.807, 2.05) is 0 Å². The molecule has 0 unspecified atom stereocenters. The first-order valence-electron chi connectivity index (χ1n) is 8.18. The first-order valence-corrected chi connectivity index (χ1v) is 9.54. The van der Waals surface area contributed by atoms with Crippen LogP contribution in [0.4, 0.5) is 0 Å². The van der Waals surface area contributed by atoms with Crippen LogP contribution in [0.15, 0.2) is 0 Å². The summed E-state index contributed by atoms with van der Waals surface area (Å²) in [5.41, 5.74) is 0. The van der Waals surface area contributed by atoms with E-state index in [4.69, 9.17) is 4.55 Å². The van der Waals surface area contributed by atoms with Gasteiger partial charge in [-0.15, -0.1) is 0 Å². The summed E-state index contributed by atoms with van der Waals surface area (Å²) in [5, 5.41) is 0. The van der Waals surface area contributed by atoms with Gasteiger partial charge in [0, 0.05) is 0 Å². The Hall–Kier alpha value is 0.870. The average Bonchev–Trinajstić information content (AvgIpc) is 2.38. The summed E-state index contributed by atoms with van der Waals surface area (Å²) < 4.78 is 33.2. The molecule has 6 heteroatoms. The zero-order valence-corrected chi connectivity index (χ0v) is 16.8. The Morgan fingerprint density at radius 2 is 1.05 bits per heavy atom. The van der Waals surface area contributed by atoms with Crippen molar-refractivity contribution < 1.29 is 46.7 Å². The van der Waals surface area contributed by atoms with Crippen molar-refractivity contribution in [1.29, 1.82) is 0 Å². The van der Waals surface area contributed by atoms with Crippen LogP contribution in [0.5, 0.6) is 0 Å². The van der Waals surface area contributed by atoms with Gasteiger partial charge in [0.15, 0.2) is 0 Å². The van der Waals surface area contributed by atoms with Gasteiger partial charge in [0.05, 0.1) is 6.61 Å². The van der Waals surface area contributed by atoms with Crippen molar-refractivity contribution in [3.8, 4) is 0 Å². The van der Waals surface area contributed by atoms with Crippen LogP contribution < -0.4 is 29.6 Å². The summed E-state index contributed by atoms with van der Waals surface area (Å²) in [5.74, 6) is 0. The number of hydrogen-bond donors (Lipinski definition) is 1. The molecule has 0 aromatic rings. The molecular weight excluding hydrogens is 299 g/mol. The standard InChI is InChI=1S/C15H32O4S.Na/c1-2-3-4-5-6-7-8-9-10-11-12-13-14-15-19-20(16,17)18;/h2-15H2,1H3,(H,16,17,18);/q;+1. The maximum absolute atomic E-state index is 10.3. The fourth-order valence-corrected chi connectivity index (χ4v) is 2.61. The van der Waals surface area contributed by atoms with Crippen molar-refractivity contribution in [1.82, 2.24) is 0 Å². The maximum atomic E-state index is 10.3. The molecule has 0 aromatic carbocycles. The van der Waals surface area contributed by atoms with E-state index in [1.165, 1.54) is 64.2 Å². The van der Waals surface area contributed by atoms with Gasteiger partial charge in [-0.05, 0) is 6.42 Å². The smallest absolute Gasteiger partial charge is 0.264 e. The molecule has 0 spiro atoms. The topological polar surface area (TPSA) is 63.6 Å². The Balaban J connectivity index is 0. The minimum atomic E-state index is -4.24. The van der Waals surface area contributed by atoms with Gasteiger partial charge < -0.3 is 0 Å². The van der Waals surface area contributed by atoms with Crippen molar-refractivity contribution in [2.45, 2.75) is 90.4 Å². The van der Waals surface area contributed by atoms with Crippen molar-refractivity contribution in [2.75, 3.05) is 6.61 Å². The number of unbranched alkanes of at least 4 members (excludes halogenated alkanes) is 12. The van der Waals surface area contributed by atoms with Crippen LogP contribution in [-0.2, 0) is 14.6 Å². The van der Waals surface area contributed by atoms with Gasteiger partial charge in [-0.3, -0.25) is 4.55 Å². The molecule has 0 bridgehead atoms. The second-order valence-electron chi connectivity index (χ2n) is 5.49. The van der Waals surface area contributed by atoms with Crippen LogP contribution in [0.3, 0.4) is 0 Å². The normalized spacial score (nSPS) is 11.3. The van der Waals surface area contributed by atoms with Crippen molar-refractivity contribution in [3.05, 3.63) is 0 Å². The van der Waals surface area contributed by atoms with Gasteiger partial charge in [0.25, 0.3) is 0 Å². The van der Waals surface area contributed by atoms with E-state index in [0.717, 1.165) is 12.8 Å². The summed E-state index contributed by atoms with van der Waals surface area (Å²) in [7, 11) is -4.24. The first-order chi connectivity index (χ1) is 9.56. The first kappa shape index (κ1) is 24.1. The molecule has 0 aliphatic carbocycles. The molecular formula is C15H32NaO4S+. The Kier molecular flexibility index (Phi) is 19.8. The molecule has 0 radical (unpaired) electrons. The third kappa shape index (κ3) is 23.3. The predicted octanol–water partition coefficient (Wildman–Crippen LogP) is 1.90. The van der Waals surface area contributed by atoms with Gasteiger partial charge in [-0.1, -0.05) is 84.0 Å². The molecule has 0 aliphatic heterocycles. The van der Waals surface area contributed by atoms with E-state index in [9.17, 15) is 8.42 Å². The Morgan fingerprint density at radius 1 is 0.714 bits per heavy atom. The van der Waals surface area contributed by atoms with Gasteiger partial charge in [0.1, 0.15) is 0 Å². The molecule has 0 heterocycles. The maximum Gasteiger partial charge on any atom is 1.00 e. The predicted molar refractivity (Wildman–Crippen MR) is 83.2 cm³/mol. The summed E-state index contributed by atoms with van der Waals surface area (Å²) in [6.45, 7) is 2.34. The minimum absolute atomic E-state index is 0.